The summed E-state index contributed by atoms with van der Waals surface area (Å²) < 4.78 is 11.1. The Morgan fingerprint density at radius 3 is 2.63 bits per heavy atom. The van der Waals surface area contributed by atoms with Gasteiger partial charge in [-0.15, -0.1) is 0 Å². The fraction of sp³-hybridized carbons (Fsp3) is 0.348. The van der Waals surface area contributed by atoms with Crippen LogP contribution in [0.15, 0.2) is 58.3 Å². The van der Waals surface area contributed by atoms with Crippen molar-refractivity contribution in [2.24, 2.45) is 4.99 Å². The summed E-state index contributed by atoms with van der Waals surface area (Å²) in [5.74, 6) is 1.97. The lowest BCUT2D eigenvalue weighted by atomic mass is 10.1. The topological polar surface area (TPSA) is 84.6 Å². The molecule has 30 heavy (non-hydrogen) atoms. The molecule has 7 nitrogen and oxygen atoms in total. The highest BCUT2D eigenvalue weighted by Crippen LogP contribution is 2.19. The van der Waals surface area contributed by atoms with Crippen molar-refractivity contribution in [2.75, 3.05) is 13.2 Å². The van der Waals surface area contributed by atoms with E-state index in [2.05, 4.69) is 39.4 Å². The van der Waals surface area contributed by atoms with Crippen molar-refractivity contribution in [3.8, 4) is 17.3 Å². The van der Waals surface area contributed by atoms with Crippen LogP contribution in [0, 0.1) is 6.92 Å². The molecule has 0 spiro atoms. The molecule has 0 saturated heterocycles. The molecule has 0 aliphatic heterocycles. The molecule has 0 amide bonds. The summed E-state index contributed by atoms with van der Waals surface area (Å²) in [6, 6.07) is 12.0. The van der Waals surface area contributed by atoms with Crippen LogP contribution in [-0.4, -0.2) is 29.1 Å². The van der Waals surface area contributed by atoms with Gasteiger partial charge in [0.2, 0.25) is 11.8 Å². The van der Waals surface area contributed by atoms with E-state index in [1.165, 1.54) is 5.56 Å². The smallest absolute Gasteiger partial charge is 0.226 e. The van der Waals surface area contributed by atoms with Crippen LogP contribution in [0.3, 0.4) is 0 Å². The van der Waals surface area contributed by atoms with E-state index >= 15 is 0 Å². The summed E-state index contributed by atoms with van der Waals surface area (Å²) in [5.41, 5.74) is 4.00. The van der Waals surface area contributed by atoms with Gasteiger partial charge in [0.15, 0.2) is 5.96 Å². The Kier molecular flexibility index (Phi) is 7.83. The van der Waals surface area contributed by atoms with E-state index < -0.39 is 0 Å². The summed E-state index contributed by atoms with van der Waals surface area (Å²) in [7, 11) is 0. The van der Waals surface area contributed by atoms with Crippen LogP contribution in [-0.2, 0) is 13.1 Å². The molecule has 0 saturated carbocycles. The molecule has 2 aromatic heterocycles. The molecule has 0 unspecified atom stereocenters. The number of oxazole rings is 1. The van der Waals surface area contributed by atoms with E-state index in [1.807, 2.05) is 43.3 Å². The molecule has 1 aromatic carbocycles. The summed E-state index contributed by atoms with van der Waals surface area (Å²) in [5, 5.41) is 6.53. The van der Waals surface area contributed by atoms with Crippen LogP contribution in [0.25, 0.3) is 11.5 Å². The summed E-state index contributed by atoms with van der Waals surface area (Å²) in [6.45, 7) is 8.63. The second-order valence-electron chi connectivity index (χ2n) is 6.91. The molecule has 2 N–H and O–H groups in total. The number of aliphatic imine (C=N–C) groups is 1. The van der Waals surface area contributed by atoms with Crippen LogP contribution >= 0.6 is 0 Å². The van der Waals surface area contributed by atoms with Gasteiger partial charge in [-0.05, 0) is 38.0 Å². The first-order chi connectivity index (χ1) is 14.7. The van der Waals surface area contributed by atoms with Crippen molar-refractivity contribution in [3.63, 3.8) is 0 Å². The van der Waals surface area contributed by atoms with E-state index in [0.717, 1.165) is 29.8 Å². The molecule has 0 fully saturated rings. The number of rotatable bonds is 9. The number of pyridine rings is 1. The lowest BCUT2D eigenvalue weighted by Crippen LogP contribution is -2.36. The molecule has 3 rings (SSSR count). The number of nitrogens with zero attached hydrogens (tertiary/aromatic N) is 3. The number of hydrogen-bond acceptors (Lipinski definition) is 5. The van der Waals surface area contributed by atoms with Gasteiger partial charge in [0.1, 0.15) is 6.26 Å². The van der Waals surface area contributed by atoms with Crippen molar-refractivity contribution >= 4 is 5.96 Å². The van der Waals surface area contributed by atoms with Gasteiger partial charge in [-0.1, -0.05) is 30.7 Å². The largest absolute Gasteiger partial charge is 0.478 e. The summed E-state index contributed by atoms with van der Waals surface area (Å²) in [4.78, 5) is 13.5. The predicted molar refractivity (Wildman–Crippen MR) is 118 cm³/mol. The molecular formula is C23H29N5O2. The van der Waals surface area contributed by atoms with E-state index in [1.54, 1.807) is 12.5 Å². The lowest BCUT2D eigenvalue weighted by molar-refractivity contribution is 0.305. The van der Waals surface area contributed by atoms with Gasteiger partial charge in [-0.2, -0.15) is 0 Å². The zero-order chi connectivity index (χ0) is 21.2. The van der Waals surface area contributed by atoms with Crippen LogP contribution in [0.2, 0.25) is 0 Å². The standard InChI is InChI=1S/C23H29N5O2/c1-4-12-29-21-11-8-18(13-25-21)14-26-23(24-5-2)27-15-20-16-30-22(28-20)19-9-6-17(3)7-10-19/h6-11,13,16H,4-5,12,14-15H2,1-3H3,(H2,24,26,27). The Balaban J connectivity index is 1.57. The third-order valence-corrected chi connectivity index (χ3v) is 4.30. The number of aromatic nitrogens is 2. The number of ether oxygens (including phenoxy) is 1. The maximum Gasteiger partial charge on any atom is 0.226 e. The minimum atomic E-state index is 0.517. The van der Waals surface area contributed by atoms with E-state index in [4.69, 9.17) is 9.15 Å². The number of benzene rings is 1. The molecule has 0 bridgehead atoms. The van der Waals surface area contributed by atoms with Crippen molar-refractivity contribution in [2.45, 2.75) is 40.3 Å². The number of hydrogen-bond donors (Lipinski definition) is 2. The molecule has 2 heterocycles. The maximum atomic E-state index is 5.62. The van der Waals surface area contributed by atoms with Crippen molar-refractivity contribution in [1.82, 2.24) is 20.6 Å². The zero-order valence-corrected chi connectivity index (χ0v) is 17.8. The zero-order valence-electron chi connectivity index (χ0n) is 17.8. The molecule has 0 aliphatic carbocycles. The van der Waals surface area contributed by atoms with Crippen LogP contribution in [0.5, 0.6) is 5.88 Å². The van der Waals surface area contributed by atoms with Crippen LogP contribution < -0.4 is 15.4 Å². The quantitative estimate of drug-likeness (QED) is 0.411. The molecule has 0 radical (unpaired) electrons. The van der Waals surface area contributed by atoms with Crippen LogP contribution in [0.1, 0.15) is 37.1 Å². The second-order valence-corrected chi connectivity index (χ2v) is 6.91. The van der Waals surface area contributed by atoms with E-state index in [0.29, 0.717) is 37.4 Å². The Morgan fingerprint density at radius 2 is 1.93 bits per heavy atom. The number of nitrogens with one attached hydrogen (secondary N) is 2. The molecular weight excluding hydrogens is 378 g/mol. The van der Waals surface area contributed by atoms with Crippen LogP contribution in [0.4, 0.5) is 0 Å². The SMILES string of the molecule is CCCOc1ccc(CN=C(NCC)NCc2coc(-c3ccc(C)cc3)n2)cn1. The fourth-order valence-corrected chi connectivity index (χ4v) is 2.70. The minimum absolute atomic E-state index is 0.517. The highest BCUT2D eigenvalue weighted by Gasteiger charge is 2.07. The van der Waals surface area contributed by atoms with E-state index in [-0.39, 0.29) is 0 Å². The first kappa shape index (κ1) is 21.4. The summed E-state index contributed by atoms with van der Waals surface area (Å²) >= 11 is 0. The first-order valence-electron chi connectivity index (χ1n) is 10.3. The van der Waals surface area contributed by atoms with E-state index in [9.17, 15) is 0 Å². The van der Waals surface area contributed by atoms with Crippen molar-refractivity contribution in [3.05, 3.63) is 65.7 Å². The monoisotopic (exact) mass is 407 g/mol. The highest BCUT2D eigenvalue weighted by atomic mass is 16.5. The van der Waals surface area contributed by atoms with Gasteiger partial charge < -0.3 is 19.8 Å². The first-order valence-corrected chi connectivity index (χ1v) is 10.3. The van der Waals surface area contributed by atoms with Gasteiger partial charge in [0.25, 0.3) is 0 Å². The van der Waals surface area contributed by atoms with Gasteiger partial charge in [0, 0.05) is 24.4 Å². The Morgan fingerprint density at radius 1 is 1.10 bits per heavy atom. The average Bonchev–Trinajstić information content (AvgIpc) is 3.24. The minimum Gasteiger partial charge on any atom is -0.478 e. The number of guanidine groups is 1. The lowest BCUT2D eigenvalue weighted by Gasteiger charge is -2.10. The molecule has 0 aliphatic rings. The van der Waals surface area contributed by atoms with Gasteiger partial charge in [-0.25, -0.2) is 15.0 Å². The Labute approximate surface area is 177 Å². The maximum absolute atomic E-state index is 5.62. The predicted octanol–water partition coefficient (Wildman–Crippen LogP) is 4.09. The van der Waals surface area contributed by atoms with Gasteiger partial charge in [-0.3, -0.25) is 0 Å². The fourth-order valence-electron chi connectivity index (χ4n) is 2.70. The van der Waals surface area contributed by atoms with Crippen molar-refractivity contribution in [1.29, 1.82) is 0 Å². The van der Waals surface area contributed by atoms with Crippen molar-refractivity contribution < 1.29 is 9.15 Å². The molecule has 7 heteroatoms. The second kappa shape index (κ2) is 11.0. The molecule has 158 valence electrons. The number of aryl methyl sites for hydroxylation is 1. The van der Waals surface area contributed by atoms with Gasteiger partial charge >= 0.3 is 0 Å². The highest BCUT2D eigenvalue weighted by molar-refractivity contribution is 5.79. The third-order valence-electron chi connectivity index (χ3n) is 4.30. The summed E-state index contributed by atoms with van der Waals surface area (Å²) in [6.07, 6.45) is 4.43. The molecule has 0 atom stereocenters. The average molecular weight is 408 g/mol. The molecule has 3 aromatic rings. The third kappa shape index (κ3) is 6.34. The van der Waals surface area contributed by atoms with Gasteiger partial charge in [0.05, 0.1) is 25.4 Å². The normalized spacial score (nSPS) is 11.4. The Hall–Kier alpha value is -3.35. The Bertz CT molecular complexity index is 933.